The van der Waals surface area contributed by atoms with Crippen molar-refractivity contribution in [1.82, 2.24) is 10.2 Å². The highest BCUT2D eigenvalue weighted by Gasteiger charge is 2.34. The summed E-state index contributed by atoms with van der Waals surface area (Å²) in [6.45, 7) is -0.398. The molecule has 2 amide bonds. The minimum Gasteiger partial charge on any atom is -0.497 e. The largest absolute Gasteiger partial charge is 0.497 e. The number of nitrogens with one attached hydrogen (secondary N) is 1. The average molecular weight is 572 g/mol. The van der Waals surface area contributed by atoms with Crippen LogP contribution in [0.4, 0.5) is 5.69 Å². The van der Waals surface area contributed by atoms with Gasteiger partial charge < -0.3 is 15.0 Å². The Balaban J connectivity index is 1.76. The summed E-state index contributed by atoms with van der Waals surface area (Å²) in [4.78, 5) is 28.9. The summed E-state index contributed by atoms with van der Waals surface area (Å²) in [5.41, 5.74) is 1.97. The van der Waals surface area contributed by atoms with Crippen molar-refractivity contribution in [3.05, 3.63) is 126 Å². The van der Waals surface area contributed by atoms with Crippen molar-refractivity contribution in [1.29, 1.82) is 0 Å². The molecule has 4 aromatic carbocycles. The number of nitrogens with zero attached hydrogens (tertiary/aromatic N) is 2. The number of amides is 2. The highest BCUT2D eigenvalue weighted by Crippen LogP contribution is 2.27. The molecule has 4 rings (SSSR count). The van der Waals surface area contributed by atoms with Gasteiger partial charge in [0.2, 0.25) is 11.8 Å². The normalized spacial score (nSPS) is 11.8. The van der Waals surface area contributed by atoms with Gasteiger partial charge in [0, 0.05) is 20.0 Å². The van der Waals surface area contributed by atoms with E-state index in [1.54, 1.807) is 42.5 Å². The maximum Gasteiger partial charge on any atom is 0.264 e. The van der Waals surface area contributed by atoms with Crippen LogP contribution in [0, 0.1) is 0 Å². The number of hydrogen-bond acceptors (Lipinski definition) is 5. The van der Waals surface area contributed by atoms with Gasteiger partial charge in [0.05, 0.1) is 17.7 Å². The van der Waals surface area contributed by atoms with E-state index in [2.05, 4.69) is 5.32 Å². The van der Waals surface area contributed by atoms with E-state index in [1.807, 2.05) is 60.7 Å². The molecule has 9 heteroatoms. The molecule has 41 heavy (non-hydrogen) atoms. The molecular weight excluding hydrogens is 538 g/mol. The first-order valence-corrected chi connectivity index (χ1v) is 14.6. The van der Waals surface area contributed by atoms with E-state index in [9.17, 15) is 18.0 Å². The van der Waals surface area contributed by atoms with Crippen LogP contribution in [0.1, 0.15) is 11.1 Å². The maximum absolute atomic E-state index is 14.2. The minimum absolute atomic E-state index is 0.0466. The van der Waals surface area contributed by atoms with Crippen LogP contribution in [0.3, 0.4) is 0 Å². The van der Waals surface area contributed by atoms with Crippen LogP contribution < -0.4 is 14.4 Å². The number of sulfonamides is 1. The standard InChI is InChI=1S/C32H33N3O5S/c1-33-32(37)30(22-25-12-6-3-7-13-25)34(23-26-14-8-4-9-15-26)31(36)24-35(27-18-20-28(40-2)21-19-27)41(38,39)29-16-10-5-11-17-29/h3-21,30H,22-24H2,1-2H3,(H,33,37)/t30-/m0/s1. The molecule has 0 heterocycles. The van der Waals surface area contributed by atoms with Gasteiger partial charge in [0.15, 0.2) is 0 Å². The topological polar surface area (TPSA) is 96.0 Å². The maximum atomic E-state index is 14.2. The zero-order chi connectivity index (χ0) is 29.2. The molecule has 0 unspecified atom stereocenters. The van der Waals surface area contributed by atoms with E-state index < -0.39 is 28.5 Å². The molecule has 0 spiro atoms. The van der Waals surface area contributed by atoms with Gasteiger partial charge >= 0.3 is 0 Å². The molecule has 4 aromatic rings. The average Bonchev–Trinajstić information content (AvgIpc) is 3.02. The quantitative estimate of drug-likeness (QED) is 0.274. The van der Waals surface area contributed by atoms with Crippen LogP contribution in [0.2, 0.25) is 0 Å². The molecule has 0 aliphatic rings. The smallest absolute Gasteiger partial charge is 0.264 e. The Morgan fingerprint density at radius 3 is 1.85 bits per heavy atom. The van der Waals surface area contributed by atoms with Crippen molar-refractivity contribution in [2.45, 2.75) is 23.9 Å². The number of carbonyl (C=O) groups excluding carboxylic acids is 2. The van der Waals surface area contributed by atoms with E-state index >= 15 is 0 Å². The van der Waals surface area contributed by atoms with E-state index in [0.717, 1.165) is 15.4 Å². The summed E-state index contributed by atoms with van der Waals surface area (Å²) >= 11 is 0. The molecule has 1 atom stereocenters. The van der Waals surface area contributed by atoms with E-state index in [-0.39, 0.29) is 23.8 Å². The number of ether oxygens (including phenoxy) is 1. The monoisotopic (exact) mass is 571 g/mol. The lowest BCUT2D eigenvalue weighted by Gasteiger charge is -2.33. The summed E-state index contributed by atoms with van der Waals surface area (Å²) in [6.07, 6.45) is 0.257. The van der Waals surface area contributed by atoms with Gasteiger partial charge in [-0.2, -0.15) is 0 Å². The van der Waals surface area contributed by atoms with Gasteiger partial charge in [0.1, 0.15) is 18.3 Å². The van der Waals surface area contributed by atoms with Crippen molar-refractivity contribution in [2.75, 3.05) is 25.0 Å². The molecule has 1 N–H and O–H groups in total. The van der Waals surface area contributed by atoms with E-state index in [0.29, 0.717) is 11.4 Å². The van der Waals surface area contributed by atoms with Gasteiger partial charge in [-0.25, -0.2) is 8.42 Å². The summed E-state index contributed by atoms with van der Waals surface area (Å²) in [6, 6.07) is 32.3. The van der Waals surface area contributed by atoms with Gasteiger partial charge in [0.25, 0.3) is 10.0 Å². The Bertz CT molecular complexity index is 1530. The third-order valence-electron chi connectivity index (χ3n) is 6.68. The second-order valence-corrected chi connectivity index (χ2v) is 11.2. The van der Waals surface area contributed by atoms with E-state index in [4.69, 9.17) is 4.74 Å². The fraction of sp³-hybridized carbons (Fsp3) is 0.188. The highest BCUT2D eigenvalue weighted by atomic mass is 32.2. The zero-order valence-electron chi connectivity index (χ0n) is 23.0. The lowest BCUT2D eigenvalue weighted by molar-refractivity contribution is -0.139. The predicted molar refractivity (Wildman–Crippen MR) is 159 cm³/mol. The lowest BCUT2D eigenvalue weighted by atomic mass is 10.0. The predicted octanol–water partition coefficient (Wildman–Crippen LogP) is 4.28. The van der Waals surface area contributed by atoms with Crippen LogP contribution >= 0.6 is 0 Å². The van der Waals surface area contributed by atoms with Gasteiger partial charge in [-0.15, -0.1) is 0 Å². The molecule has 212 valence electrons. The fourth-order valence-corrected chi connectivity index (χ4v) is 5.93. The lowest BCUT2D eigenvalue weighted by Crippen LogP contribution is -2.53. The Hall–Kier alpha value is -4.63. The number of rotatable bonds is 12. The number of methoxy groups -OCH3 is 1. The Morgan fingerprint density at radius 2 is 1.32 bits per heavy atom. The third kappa shape index (κ3) is 7.32. The molecule has 0 fully saturated rings. The highest BCUT2D eigenvalue weighted by molar-refractivity contribution is 7.92. The van der Waals surface area contributed by atoms with Crippen LogP contribution in [-0.2, 0) is 32.6 Å². The summed E-state index contributed by atoms with van der Waals surface area (Å²) in [5, 5.41) is 2.68. The van der Waals surface area contributed by atoms with Crippen molar-refractivity contribution >= 4 is 27.5 Å². The van der Waals surface area contributed by atoms with Crippen LogP contribution in [0.5, 0.6) is 5.75 Å². The summed E-state index contributed by atoms with van der Waals surface area (Å²) in [7, 11) is -1.10. The Morgan fingerprint density at radius 1 is 0.780 bits per heavy atom. The zero-order valence-corrected chi connectivity index (χ0v) is 23.8. The van der Waals surface area contributed by atoms with E-state index in [1.165, 1.54) is 31.2 Å². The molecule has 0 aliphatic heterocycles. The summed E-state index contributed by atoms with van der Waals surface area (Å²) in [5.74, 6) is -0.320. The molecule has 0 bridgehead atoms. The SMILES string of the molecule is CNC(=O)[C@H](Cc1ccccc1)N(Cc1ccccc1)C(=O)CN(c1ccc(OC)cc1)S(=O)(=O)c1ccccc1. The summed E-state index contributed by atoms with van der Waals surface area (Å²) < 4.78 is 34.1. The van der Waals surface area contributed by atoms with Gasteiger partial charge in [-0.1, -0.05) is 78.9 Å². The van der Waals surface area contributed by atoms with Crippen molar-refractivity contribution < 1.29 is 22.7 Å². The van der Waals surface area contributed by atoms with Crippen molar-refractivity contribution in [3.8, 4) is 5.75 Å². The molecule has 0 aromatic heterocycles. The second kappa shape index (κ2) is 13.6. The molecule has 0 saturated heterocycles. The third-order valence-corrected chi connectivity index (χ3v) is 8.47. The number of anilines is 1. The fourth-order valence-electron chi connectivity index (χ4n) is 4.50. The molecule has 0 radical (unpaired) electrons. The second-order valence-electron chi connectivity index (χ2n) is 9.35. The van der Waals surface area contributed by atoms with Crippen LogP contribution in [-0.4, -0.2) is 51.9 Å². The minimum atomic E-state index is -4.14. The Kier molecular flexibility index (Phi) is 9.76. The first-order valence-electron chi connectivity index (χ1n) is 13.1. The number of carbonyl (C=O) groups is 2. The molecule has 0 aliphatic carbocycles. The van der Waals surface area contributed by atoms with Crippen molar-refractivity contribution in [3.63, 3.8) is 0 Å². The van der Waals surface area contributed by atoms with Crippen molar-refractivity contribution in [2.24, 2.45) is 0 Å². The first-order chi connectivity index (χ1) is 19.8. The number of likely N-dealkylation sites (N-methyl/N-ethyl adjacent to an activating group) is 1. The first kappa shape index (κ1) is 29.4. The van der Waals surface area contributed by atoms with Crippen LogP contribution in [0.25, 0.3) is 0 Å². The molecular formula is C32H33N3O5S. The van der Waals surface area contributed by atoms with Crippen LogP contribution in [0.15, 0.2) is 120 Å². The molecule has 8 nitrogen and oxygen atoms in total. The molecule has 0 saturated carbocycles. The number of benzene rings is 4. The van der Waals surface area contributed by atoms with Gasteiger partial charge in [-0.05, 0) is 47.5 Å². The number of hydrogen-bond donors (Lipinski definition) is 1. The van der Waals surface area contributed by atoms with Gasteiger partial charge in [-0.3, -0.25) is 13.9 Å². The Labute approximate surface area is 241 Å².